The molecule has 4 heteroatoms. The summed E-state index contributed by atoms with van der Waals surface area (Å²) < 4.78 is 7.52. The van der Waals surface area contributed by atoms with Crippen LogP contribution in [0, 0.1) is 5.41 Å². The molecule has 0 saturated carbocycles. The first-order chi connectivity index (χ1) is 10.6. The Bertz CT molecular complexity index is 394. The number of rotatable bonds is 6. The van der Waals surface area contributed by atoms with Crippen LogP contribution in [0.3, 0.4) is 0 Å². The minimum absolute atomic E-state index is 0.0578. The molecular weight excluding hydrogens is 293 g/mol. The Morgan fingerprint density at radius 1 is 1.36 bits per heavy atom. The molecule has 3 nitrogen and oxygen atoms in total. The number of piperidine rings is 1. The first-order valence-electron chi connectivity index (χ1n) is 8.19. The number of nitrogens with zero attached hydrogens (tertiary/aromatic N) is 1. The van der Waals surface area contributed by atoms with Crippen molar-refractivity contribution < 1.29 is 9.53 Å². The smallest absolute Gasteiger partial charge is 0.312 e. The quantitative estimate of drug-likeness (QED) is 0.408. The van der Waals surface area contributed by atoms with Gasteiger partial charge in [0, 0.05) is 13.1 Å². The fraction of sp³-hybridized carbons (Fsp3) is 0.611. The summed E-state index contributed by atoms with van der Waals surface area (Å²) in [6, 6.07) is 0. The van der Waals surface area contributed by atoms with Crippen LogP contribution < -0.4 is 0 Å². The van der Waals surface area contributed by atoms with E-state index in [9.17, 15) is 4.79 Å². The van der Waals surface area contributed by atoms with E-state index in [0.717, 1.165) is 37.9 Å². The monoisotopic (exact) mass is 325 g/mol. The van der Waals surface area contributed by atoms with Crippen molar-refractivity contribution in [3.8, 4) is 0 Å². The summed E-state index contributed by atoms with van der Waals surface area (Å²) in [4.78, 5) is 12.4. The summed E-state index contributed by atoms with van der Waals surface area (Å²) in [6.45, 7) is 13.8. The van der Waals surface area contributed by atoms with Crippen molar-refractivity contribution in [2.75, 3.05) is 19.7 Å². The zero-order chi connectivity index (χ0) is 17.0. The predicted octanol–water partition coefficient (Wildman–Crippen LogP) is 4.53. The third kappa shape index (κ3) is 6.46. The molecule has 1 saturated heterocycles. The Hall–Kier alpha value is -0.920. The lowest BCUT2D eigenvalue weighted by molar-refractivity contribution is -0.157. The molecule has 0 aromatic heterocycles. The van der Waals surface area contributed by atoms with Gasteiger partial charge in [-0.3, -0.25) is 9.46 Å². The Labute approximate surface area is 138 Å². The molecule has 0 amide bonds. The van der Waals surface area contributed by atoms with Gasteiger partial charge in [-0.2, -0.15) is 0 Å². The number of carbonyl (C=O) groups is 1. The van der Waals surface area contributed by atoms with E-state index in [1.807, 2.05) is 39.8 Å². The number of allylic oxidation sites excluding steroid dienone is 5. The summed E-state index contributed by atoms with van der Waals surface area (Å²) in [6.07, 6.45) is 10.2. The molecule has 0 aromatic carbocycles. The molecule has 1 aliphatic heterocycles. The number of carbonyl (C=O) groups excluding carboxylic acids is 1. The molecule has 1 unspecified atom stereocenters. The Kier molecular flexibility index (Phi) is 11.1. The minimum atomic E-state index is -0.391. The van der Waals surface area contributed by atoms with Gasteiger partial charge in [-0.05, 0) is 38.7 Å². The van der Waals surface area contributed by atoms with Gasteiger partial charge in [-0.25, -0.2) is 0 Å². The van der Waals surface area contributed by atoms with Crippen molar-refractivity contribution in [3.05, 3.63) is 36.5 Å². The number of hydrogen-bond acceptors (Lipinski definition) is 3. The Morgan fingerprint density at radius 3 is 2.41 bits per heavy atom. The average Bonchev–Trinajstić information content (AvgIpc) is 2.52. The predicted molar refractivity (Wildman–Crippen MR) is 98.6 cm³/mol. The maximum absolute atomic E-state index is 12.4. The Morgan fingerprint density at radius 2 is 1.95 bits per heavy atom. The van der Waals surface area contributed by atoms with Crippen LogP contribution in [0.1, 0.15) is 47.0 Å². The van der Waals surface area contributed by atoms with Crippen molar-refractivity contribution in [1.82, 2.24) is 4.67 Å². The summed E-state index contributed by atoms with van der Waals surface area (Å²) in [5.74, 6) is -0.0578. The van der Waals surface area contributed by atoms with Gasteiger partial charge >= 0.3 is 5.97 Å². The fourth-order valence-electron chi connectivity index (χ4n) is 2.62. The van der Waals surface area contributed by atoms with E-state index in [4.69, 9.17) is 4.74 Å². The lowest BCUT2D eigenvalue weighted by atomic mass is 9.74. The van der Waals surface area contributed by atoms with Crippen LogP contribution in [-0.4, -0.2) is 30.3 Å². The molecule has 0 radical (unpaired) electrons. The molecule has 0 N–H and O–H groups in total. The zero-order valence-electron chi connectivity index (χ0n) is 14.6. The molecule has 1 atom stereocenters. The topological polar surface area (TPSA) is 29.5 Å². The molecule has 1 heterocycles. The molecule has 0 aliphatic carbocycles. The van der Waals surface area contributed by atoms with E-state index >= 15 is 0 Å². The van der Waals surface area contributed by atoms with Crippen LogP contribution in [0.2, 0.25) is 0 Å². The van der Waals surface area contributed by atoms with E-state index in [0.29, 0.717) is 6.61 Å². The molecule has 22 heavy (non-hydrogen) atoms. The van der Waals surface area contributed by atoms with Crippen LogP contribution in [0.4, 0.5) is 0 Å². The van der Waals surface area contributed by atoms with Crippen LogP contribution in [0.5, 0.6) is 0 Å². The second kappa shape index (κ2) is 11.6. The minimum Gasteiger partial charge on any atom is -0.466 e. The summed E-state index contributed by atoms with van der Waals surface area (Å²) in [5, 5.41) is 0. The zero-order valence-corrected chi connectivity index (χ0v) is 15.8. The lowest BCUT2D eigenvalue weighted by Crippen LogP contribution is -2.42. The second-order valence-electron chi connectivity index (χ2n) is 5.19. The standard InChI is InChI=1S/C16H26NO2P.C2H6/c1-4-7-14(8-5-2)13-16(15(18)19-6-3)9-11-17(20)12-10-16;1-2/h4-5,7-8H,1,6,9-13,20H2,2-3H3;1-2H3/b8-5-,14-7+;. The first kappa shape index (κ1) is 21.1. The van der Waals surface area contributed by atoms with Crippen molar-refractivity contribution in [3.63, 3.8) is 0 Å². The summed E-state index contributed by atoms with van der Waals surface area (Å²) in [7, 11) is 2.72. The van der Waals surface area contributed by atoms with Gasteiger partial charge in [-0.1, -0.05) is 54.1 Å². The van der Waals surface area contributed by atoms with Gasteiger partial charge in [-0.15, -0.1) is 0 Å². The molecule has 1 aliphatic rings. The molecule has 126 valence electrons. The van der Waals surface area contributed by atoms with Gasteiger partial charge in [0.1, 0.15) is 0 Å². The van der Waals surface area contributed by atoms with Crippen LogP contribution in [-0.2, 0) is 9.53 Å². The molecule has 0 bridgehead atoms. The highest BCUT2D eigenvalue weighted by atomic mass is 31.0. The maximum Gasteiger partial charge on any atom is 0.312 e. The number of ether oxygens (including phenoxy) is 1. The van der Waals surface area contributed by atoms with Crippen molar-refractivity contribution >= 4 is 15.4 Å². The summed E-state index contributed by atoms with van der Waals surface area (Å²) in [5.41, 5.74) is 0.741. The van der Waals surface area contributed by atoms with Gasteiger partial charge in [0.05, 0.1) is 12.0 Å². The SMILES string of the molecule is C=C/C=C(\C=C/C)CC1(C(=O)OCC)CCN(P)CC1.CC. The van der Waals surface area contributed by atoms with Gasteiger partial charge < -0.3 is 4.74 Å². The molecule has 1 fully saturated rings. The number of esters is 1. The Balaban J connectivity index is 0.00000211. The van der Waals surface area contributed by atoms with Crippen molar-refractivity contribution in [1.29, 1.82) is 0 Å². The molecule has 1 rings (SSSR count). The summed E-state index contributed by atoms with van der Waals surface area (Å²) >= 11 is 0. The molecular formula is C18H32NO2P. The van der Waals surface area contributed by atoms with Crippen molar-refractivity contribution in [2.24, 2.45) is 5.41 Å². The third-order valence-corrected chi connectivity index (χ3v) is 4.24. The van der Waals surface area contributed by atoms with Gasteiger partial charge in [0.2, 0.25) is 0 Å². The maximum atomic E-state index is 12.4. The number of hydrogen-bond donors (Lipinski definition) is 0. The average molecular weight is 325 g/mol. The van der Waals surface area contributed by atoms with E-state index in [-0.39, 0.29) is 5.97 Å². The second-order valence-corrected chi connectivity index (χ2v) is 5.92. The molecule has 0 aromatic rings. The van der Waals surface area contributed by atoms with Crippen molar-refractivity contribution in [2.45, 2.75) is 47.0 Å². The van der Waals surface area contributed by atoms with E-state index in [1.54, 1.807) is 6.08 Å². The van der Waals surface area contributed by atoms with Gasteiger partial charge in [0.15, 0.2) is 0 Å². The highest BCUT2D eigenvalue weighted by molar-refractivity contribution is 7.13. The van der Waals surface area contributed by atoms with Crippen LogP contribution in [0.15, 0.2) is 36.5 Å². The highest BCUT2D eigenvalue weighted by Gasteiger charge is 2.42. The largest absolute Gasteiger partial charge is 0.466 e. The normalized spacial score (nSPS) is 18.5. The first-order valence-corrected chi connectivity index (χ1v) is 8.70. The van der Waals surface area contributed by atoms with E-state index < -0.39 is 5.41 Å². The van der Waals surface area contributed by atoms with Gasteiger partial charge in [0.25, 0.3) is 0 Å². The van der Waals surface area contributed by atoms with Crippen LogP contribution >= 0.6 is 9.39 Å². The fourth-order valence-corrected chi connectivity index (χ4v) is 2.88. The molecule has 0 spiro atoms. The lowest BCUT2D eigenvalue weighted by Gasteiger charge is -2.38. The highest BCUT2D eigenvalue weighted by Crippen LogP contribution is 2.40. The van der Waals surface area contributed by atoms with E-state index in [2.05, 4.69) is 26.7 Å². The van der Waals surface area contributed by atoms with Crippen LogP contribution in [0.25, 0.3) is 0 Å². The van der Waals surface area contributed by atoms with E-state index in [1.165, 1.54) is 0 Å². The third-order valence-electron chi connectivity index (χ3n) is 3.72.